The molecule has 0 radical (unpaired) electrons. The van der Waals surface area contributed by atoms with E-state index < -0.39 is 6.09 Å². The molecule has 0 saturated heterocycles. The Bertz CT molecular complexity index is 980. The second kappa shape index (κ2) is 7.66. The lowest BCUT2D eigenvalue weighted by molar-refractivity contribution is -0.117. The van der Waals surface area contributed by atoms with E-state index >= 15 is 0 Å². The average molecular weight is 412 g/mol. The van der Waals surface area contributed by atoms with Crippen molar-refractivity contribution < 1.29 is 19.1 Å². The first-order valence-electron chi connectivity index (χ1n) is 10.3. The Balaban J connectivity index is 1.84. The van der Waals surface area contributed by atoms with E-state index in [4.69, 9.17) is 9.47 Å². The third kappa shape index (κ3) is 3.62. The van der Waals surface area contributed by atoms with E-state index in [1.54, 1.807) is 16.9 Å². The standard InChI is InChI=1S/C22H28N4O4/c1-13(2)30-22(28)24-11-14(3)26(15(4)27)20-9-21(29-5)18(8-19(20)24)16-10-23-25(12-16)17-6-7-17/h8-10,12-14,17H,6-7,11H2,1-5H3/t14-/m0/s1. The molecule has 1 fully saturated rings. The molecule has 1 aromatic carbocycles. The minimum Gasteiger partial charge on any atom is -0.496 e. The Morgan fingerprint density at radius 2 is 1.93 bits per heavy atom. The third-order valence-corrected chi connectivity index (χ3v) is 5.46. The molecule has 0 spiro atoms. The molecule has 8 nitrogen and oxygen atoms in total. The number of nitrogens with zero attached hydrogens (tertiary/aromatic N) is 4. The Kier molecular flexibility index (Phi) is 5.17. The Morgan fingerprint density at radius 1 is 1.20 bits per heavy atom. The van der Waals surface area contributed by atoms with Crippen molar-refractivity contribution in [1.82, 2.24) is 9.78 Å². The molecular formula is C22H28N4O4. The topological polar surface area (TPSA) is 76.9 Å². The number of carbonyl (C=O) groups excluding carboxylic acids is 2. The van der Waals surface area contributed by atoms with Crippen LogP contribution in [0.3, 0.4) is 0 Å². The van der Waals surface area contributed by atoms with Gasteiger partial charge in [0, 0.05) is 36.9 Å². The predicted octanol–water partition coefficient (Wildman–Crippen LogP) is 4.00. The van der Waals surface area contributed by atoms with Crippen molar-refractivity contribution in [1.29, 1.82) is 0 Å². The second-order valence-corrected chi connectivity index (χ2v) is 8.26. The number of methoxy groups -OCH3 is 1. The van der Waals surface area contributed by atoms with Crippen molar-refractivity contribution in [3.8, 4) is 16.9 Å². The lowest BCUT2D eigenvalue weighted by atomic mass is 10.0. The van der Waals surface area contributed by atoms with Gasteiger partial charge in [-0.25, -0.2) is 4.79 Å². The van der Waals surface area contributed by atoms with Crippen LogP contribution in [-0.4, -0.2) is 47.6 Å². The summed E-state index contributed by atoms with van der Waals surface area (Å²) in [6.07, 6.45) is 5.44. The zero-order valence-electron chi connectivity index (χ0n) is 18.1. The molecule has 0 unspecified atom stereocenters. The van der Waals surface area contributed by atoms with Gasteiger partial charge >= 0.3 is 6.09 Å². The predicted molar refractivity (Wildman–Crippen MR) is 114 cm³/mol. The summed E-state index contributed by atoms with van der Waals surface area (Å²) in [7, 11) is 1.60. The third-order valence-electron chi connectivity index (χ3n) is 5.46. The van der Waals surface area contributed by atoms with Crippen molar-refractivity contribution in [3.63, 3.8) is 0 Å². The van der Waals surface area contributed by atoms with E-state index in [1.165, 1.54) is 6.92 Å². The van der Waals surface area contributed by atoms with Crippen molar-refractivity contribution in [2.24, 2.45) is 0 Å². The molecule has 30 heavy (non-hydrogen) atoms. The largest absolute Gasteiger partial charge is 0.496 e. The van der Waals surface area contributed by atoms with Crippen molar-refractivity contribution >= 4 is 23.4 Å². The monoisotopic (exact) mass is 412 g/mol. The molecule has 4 rings (SSSR count). The van der Waals surface area contributed by atoms with Crippen LogP contribution in [0.15, 0.2) is 24.5 Å². The Morgan fingerprint density at radius 3 is 2.53 bits per heavy atom. The molecule has 0 N–H and O–H groups in total. The fraction of sp³-hybridized carbons (Fsp3) is 0.500. The highest BCUT2D eigenvalue weighted by Crippen LogP contribution is 2.45. The Hall–Kier alpha value is -3.03. The highest BCUT2D eigenvalue weighted by Gasteiger charge is 2.36. The molecule has 8 heteroatoms. The van der Waals surface area contributed by atoms with Crippen LogP contribution in [0, 0.1) is 0 Å². The van der Waals surface area contributed by atoms with Gasteiger partial charge in [-0.3, -0.25) is 14.4 Å². The van der Waals surface area contributed by atoms with Gasteiger partial charge in [-0.05, 0) is 39.7 Å². The van der Waals surface area contributed by atoms with Crippen molar-refractivity contribution in [2.75, 3.05) is 23.5 Å². The van der Waals surface area contributed by atoms with Crippen LogP contribution in [0.2, 0.25) is 0 Å². The first-order valence-corrected chi connectivity index (χ1v) is 10.3. The van der Waals surface area contributed by atoms with Crippen LogP contribution >= 0.6 is 0 Å². The maximum Gasteiger partial charge on any atom is 0.414 e. The van der Waals surface area contributed by atoms with Gasteiger partial charge in [-0.1, -0.05) is 0 Å². The van der Waals surface area contributed by atoms with Gasteiger partial charge in [-0.15, -0.1) is 0 Å². The first kappa shape index (κ1) is 20.3. The summed E-state index contributed by atoms with van der Waals surface area (Å²) < 4.78 is 13.1. The number of hydrogen-bond donors (Lipinski definition) is 0. The van der Waals surface area contributed by atoms with Gasteiger partial charge in [0.15, 0.2) is 0 Å². The van der Waals surface area contributed by atoms with Gasteiger partial charge in [0.05, 0.1) is 42.9 Å². The summed E-state index contributed by atoms with van der Waals surface area (Å²) in [5, 5.41) is 4.48. The van der Waals surface area contributed by atoms with Crippen LogP contribution in [0.5, 0.6) is 5.75 Å². The summed E-state index contributed by atoms with van der Waals surface area (Å²) in [4.78, 5) is 28.6. The molecule has 0 bridgehead atoms. The van der Waals surface area contributed by atoms with Gasteiger partial charge in [0.25, 0.3) is 0 Å². The maximum absolute atomic E-state index is 12.8. The highest BCUT2D eigenvalue weighted by molar-refractivity contribution is 6.04. The van der Waals surface area contributed by atoms with E-state index in [0.717, 1.165) is 24.0 Å². The average Bonchev–Trinajstić information content (AvgIpc) is 3.42. The molecule has 1 atom stereocenters. The van der Waals surface area contributed by atoms with Crippen LogP contribution in [0.4, 0.5) is 16.2 Å². The number of anilines is 2. The second-order valence-electron chi connectivity index (χ2n) is 8.26. The quantitative estimate of drug-likeness (QED) is 0.759. The molecule has 2 aliphatic rings. The van der Waals surface area contributed by atoms with Gasteiger partial charge < -0.3 is 14.4 Å². The maximum atomic E-state index is 12.8. The number of amides is 2. The molecule has 2 amide bonds. The summed E-state index contributed by atoms with van der Waals surface area (Å²) in [6, 6.07) is 3.99. The first-order chi connectivity index (χ1) is 14.3. The van der Waals surface area contributed by atoms with E-state index in [2.05, 4.69) is 5.10 Å². The summed E-state index contributed by atoms with van der Waals surface area (Å²) in [5.74, 6) is 0.540. The summed E-state index contributed by atoms with van der Waals surface area (Å²) in [5.41, 5.74) is 3.00. The van der Waals surface area contributed by atoms with E-state index in [1.807, 2.05) is 50.0 Å². The number of fused-ring (bicyclic) bond motifs is 1. The number of benzene rings is 1. The van der Waals surface area contributed by atoms with Crippen LogP contribution in [0.1, 0.15) is 46.6 Å². The molecule has 1 aliphatic heterocycles. The molecule has 2 aromatic rings. The zero-order valence-corrected chi connectivity index (χ0v) is 18.1. The molecule has 1 saturated carbocycles. The Labute approximate surface area is 176 Å². The number of aromatic nitrogens is 2. The fourth-order valence-electron chi connectivity index (χ4n) is 3.98. The minimum atomic E-state index is -0.425. The van der Waals surface area contributed by atoms with Crippen molar-refractivity contribution in [2.45, 2.75) is 58.7 Å². The summed E-state index contributed by atoms with van der Waals surface area (Å²) in [6.45, 7) is 7.44. The summed E-state index contributed by atoms with van der Waals surface area (Å²) >= 11 is 0. The number of rotatable bonds is 4. The molecular weight excluding hydrogens is 384 g/mol. The number of carbonyl (C=O) groups is 2. The molecule has 1 aromatic heterocycles. The molecule has 2 heterocycles. The van der Waals surface area contributed by atoms with Crippen LogP contribution in [0.25, 0.3) is 11.1 Å². The minimum absolute atomic E-state index is 0.0861. The smallest absolute Gasteiger partial charge is 0.414 e. The van der Waals surface area contributed by atoms with Crippen LogP contribution in [-0.2, 0) is 9.53 Å². The van der Waals surface area contributed by atoms with Crippen molar-refractivity contribution in [3.05, 3.63) is 24.5 Å². The molecule has 160 valence electrons. The number of ether oxygens (including phenoxy) is 2. The van der Waals surface area contributed by atoms with Gasteiger partial charge in [-0.2, -0.15) is 5.10 Å². The number of hydrogen-bond acceptors (Lipinski definition) is 5. The van der Waals surface area contributed by atoms with Gasteiger partial charge in [0.2, 0.25) is 5.91 Å². The van der Waals surface area contributed by atoms with Crippen LogP contribution < -0.4 is 14.5 Å². The van der Waals surface area contributed by atoms with E-state index in [-0.39, 0.29) is 18.1 Å². The SMILES string of the molecule is COc1cc2c(cc1-c1cnn(C3CC3)c1)N(C(=O)OC(C)C)C[C@H](C)N2C(C)=O. The highest BCUT2D eigenvalue weighted by atomic mass is 16.6. The van der Waals surface area contributed by atoms with Gasteiger partial charge in [0.1, 0.15) is 5.75 Å². The normalized spacial score (nSPS) is 18.4. The lowest BCUT2D eigenvalue weighted by Crippen LogP contribution is -2.51. The van der Waals surface area contributed by atoms with E-state index in [0.29, 0.717) is 29.7 Å². The zero-order chi connectivity index (χ0) is 21.6. The van der Waals surface area contributed by atoms with E-state index in [9.17, 15) is 9.59 Å². The fourth-order valence-corrected chi connectivity index (χ4v) is 3.98. The molecule has 1 aliphatic carbocycles. The lowest BCUT2D eigenvalue weighted by Gasteiger charge is -2.40.